The normalized spacial score (nSPS) is 10.9. The minimum absolute atomic E-state index is 0.281. The van der Waals surface area contributed by atoms with Gasteiger partial charge in [0, 0.05) is 0 Å². The van der Waals surface area contributed by atoms with Gasteiger partial charge in [0.2, 0.25) is 0 Å². The lowest BCUT2D eigenvalue weighted by Crippen LogP contribution is -2.29. The van der Waals surface area contributed by atoms with Crippen LogP contribution in [0.15, 0.2) is 121 Å². The van der Waals surface area contributed by atoms with E-state index < -0.39 is 13.0 Å². The average Bonchev–Trinajstić information content (AvgIpc) is 3.00. The van der Waals surface area contributed by atoms with Crippen LogP contribution in [0.4, 0.5) is 0 Å². The minimum Gasteiger partial charge on any atom is -0.432 e. The number of ether oxygens (including phenoxy) is 8. The molecule has 0 heterocycles. The molecule has 0 unspecified atom stereocenters. The van der Waals surface area contributed by atoms with Crippen LogP contribution < -0.4 is 18.9 Å². The summed E-state index contributed by atoms with van der Waals surface area (Å²) in [4.78, 5) is 0. The van der Waals surface area contributed by atoms with Crippen molar-refractivity contribution in [2.24, 2.45) is 0 Å². The van der Waals surface area contributed by atoms with Crippen LogP contribution in [-0.2, 0) is 18.9 Å². The Labute approximate surface area is 234 Å². The first-order valence-electron chi connectivity index (χ1n) is 13.1. The van der Waals surface area contributed by atoms with Crippen molar-refractivity contribution in [1.82, 2.24) is 0 Å². The van der Waals surface area contributed by atoms with Gasteiger partial charge < -0.3 is 37.9 Å². The van der Waals surface area contributed by atoms with Crippen molar-refractivity contribution in [1.29, 1.82) is 0 Å². The second kappa shape index (κ2) is 17.5. The van der Waals surface area contributed by atoms with Crippen molar-refractivity contribution in [3.05, 3.63) is 121 Å². The van der Waals surface area contributed by atoms with E-state index in [-0.39, 0.29) is 13.2 Å². The van der Waals surface area contributed by atoms with Crippen molar-refractivity contribution in [2.45, 2.75) is 13.0 Å². The van der Waals surface area contributed by atoms with Crippen LogP contribution in [0.1, 0.15) is 0 Å². The van der Waals surface area contributed by atoms with Crippen LogP contribution in [0.25, 0.3) is 0 Å². The van der Waals surface area contributed by atoms with Crippen molar-refractivity contribution >= 4 is 0 Å². The zero-order valence-corrected chi connectivity index (χ0v) is 22.2. The van der Waals surface area contributed by atoms with Crippen molar-refractivity contribution < 1.29 is 37.9 Å². The van der Waals surface area contributed by atoms with E-state index in [4.69, 9.17) is 37.9 Å². The lowest BCUT2D eigenvalue weighted by molar-refractivity contribution is -0.207. The molecule has 8 nitrogen and oxygen atoms in total. The first kappa shape index (κ1) is 28.9. The molecule has 0 aliphatic heterocycles. The Kier molecular flexibility index (Phi) is 12.6. The van der Waals surface area contributed by atoms with Gasteiger partial charge in [0.25, 0.3) is 0 Å². The Morgan fingerprint density at radius 1 is 0.325 bits per heavy atom. The molecule has 4 aromatic rings. The quantitative estimate of drug-likeness (QED) is 0.106. The summed E-state index contributed by atoms with van der Waals surface area (Å²) in [7, 11) is 0. The largest absolute Gasteiger partial charge is 0.432 e. The molecule has 4 aromatic carbocycles. The van der Waals surface area contributed by atoms with E-state index >= 15 is 0 Å². The van der Waals surface area contributed by atoms with E-state index in [1.165, 1.54) is 0 Å². The molecular formula is C32H34O8. The molecule has 0 saturated carbocycles. The second-order valence-corrected chi connectivity index (χ2v) is 8.27. The van der Waals surface area contributed by atoms with Crippen LogP contribution in [0.3, 0.4) is 0 Å². The van der Waals surface area contributed by atoms with Crippen molar-refractivity contribution in [2.75, 3.05) is 39.6 Å². The van der Waals surface area contributed by atoms with Gasteiger partial charge in [-0.3, -0.25) is 0 Å². The van der Waals surface area contributed by atoms with Gasteiger partial charge in [-0.2, -0.15) is 0 Å². The van der Waals surface area contributed by atoms with Crippen LogP contribution >= 0.6 is 0 Å². The molecular weight excluding hydrogens is 512 g/mol. The summed E-state index contributed by atoms with van der Waals surface area (Å²) in [6.07, 6.45) is 0. The number of para-hydroxylation sites is 4. The lowest BCUT2D eigenvalue weighted by atomic mass is 10.3. The predicted octanol–water partition coefficient (Wildman–Crippen LogP) is 5.94. The molecule has 8 heteroatoms. The Hall–Kier alpha value is -4.08. The molecule has 0 radical (unpaired) electrons. The third-order valence-electron chi connectivity index (χ3n) is 5.24. The fourth-order valence-electron chi connectivity index (χ4n) is 3.35. The van der Waals surface area contributed by atoms with Gasteiger partial charge in [-0.25, -0.2) is 0 Å². The highest BCUT2D eigenvalue weighted by Crippen LogP contribution is 2.17. The van der Waals surface area contributed by atoms with E-state index in [1.807, 2.05) is 121 Å². The number of benzene rings is 4. The van der Waals surface area contributed by atoms with Gasteiger partial charge in [0.1, 0.15) is 23.0 Å². The molecule has 210 valence electrons. The second-order valence-electron chi connectivity index (χ2n) is 8.27. The van der Waals surface area contributed by atoms with E-state index in [0.29, 0.717) is 49.4 Å². The maximum Gasteiger partial charge on any atom is 0.360 e. The molecule has 0 saturated heterocycles. The summed E-state index contributed by atoms with van der Waals surface area (Å²) >= 11 is 0. The van der Waals surface area contributed by atoms with Crippen LogP contribution in [0.2, 0.25) is 0 Å². The van der Waals surface area contributed by atoms with Crippen molar-refractivity contribution in [3.63, 3.8) is 0 Å². The SMILES string of the molecule is c1ccc(OC(OCCOCCOCCOC(Oc2ccccc2)Oc2ccccc2)Oc2ccccc2)cc1. The first-order valence-corrected chi connectivity index (χ1v) is 13.1. The third-order valence-corrected chi connectivity index (χ3v) is 5.24. The van der Waals surface area contributed by atoms with Gasteiger partial charge in [-0.15, -0.1) is 0 Å². The topological polar surface area (TPSA) is 73.8 Å². The molecule has 0 N–H and O–H groups in total. The summed E-state index contributed by atoms with van der Waals surface area (Å²) in [5.41, 5.74) is 0. The summed E-state index contributed by atoms with van der Waals surface area (Å²) in [5, 5.41) is 0. The molecule has 0 fully saturated rings. The Morgan fingerprint density at radius 2 is 0.575 bits per heavy atom. The molecule has 0 amide bonds. The molecule has 40 heavy (non-hydrogen) atoms. The summed E-state index contributed by atoms with van der Waals surface area (Å²) in [6.45, 7) is 0.243. The van der Waals surface area contributed by atoms with Crippen molar-refractivity contribution in [3.8, 4) is 23.0 Å². The number of hydrogen-bond acceptors (Lipinski definition) is 8. The van der Waals surface area contributed by atoms with E-state index in [1.54, 1.807) is 0 Å². The van der Waals surface area contributed by atoms with E-state index in [0.717, 1.165) is 0 Å². The lowest BCUT2D eigenvalue weighted by Gasteiger charge is -2.20. The molecule has 0 spiro atoms. The van der Waals surface area contributed by atoms with Crippen LogP contribution in [-0.4, -0.2) is 52.6 Å². The van der Waals surface area contributed by atoms with E-state index in [9.17, 15) is 0 Å². The summed E-state index contributed by atoms with van der Waals surface area (Å²) in [6, 6.07) is 37.5. The Bertz CT molecular complexity index is 985. The molecule has 0 aliphatic rings. The highest BCUT2D eigenvalue weighted by atomic mass is 16.9. The Morgan fingerprint density at radius 3 is 0.850 bits per heavy atom. The predicted molar refractivity (Wildman–Crippen MR) is 149 cm³/mol. The smallest absolute Gasteiger partial charge is 0.360 e. The minimum atomic E-state index is -0.911. The molecule has 0 aliphatic carbocycles. The summed E-state index contributed by atoms with van der Waals surface area (Å²) in [5.74, 6) is 2.58. The number of hydrogen-bond donors (Lipinski definition) is 0. The first-order chi connectivity index (χ1) is 19.8. The highest BCUT2D eigenvalue weighted by molar-refractivity contribution is 5.24. The van der Waals surface area contributed by atoms with Gasteiger partial charge >= 0.3 is 13.0 Å². The summed E-state index contributed by atoms with van der Waals surface area (Å²) < 4.78 is 46.1. The maximum atomic E-state index is 5.83. The molecule has 4 rings (SSSR count). The maximum absolute atomic E-state index is 5.83. The average molecular weight is 547 g/mol. The van der Waals surface area contributed by atoms with Gasteiger partial charge in [0.15, 0.2) is 0 Å². The van der Waals surface area contributed by atoms with Gasteiger partial charge in [-0.1, -0.05) is 72.8 Å². The van der Waals surface area contributed by atoms with Gasteiger partial charge in [-0.05, 0) is 48.5 Å². The highest BCUT2D eigenvalue weighted by Gasteiger charge is 2.14. The van der Waals surface area contributed by atoms with Crippen LogP contribution in [0, 0.1) is 0 Å². The monoisotopic (exact) mass is 546 g/mol. The molecule has 0 bridgehead atoms. The third kappa shape index (κ3) is 11.3. The molecule has 0 atom stereocenters. The molecule has 0 aromatic heterocycles. The van der Waals surface area contributed by atoms with Crippen LogP contribution in [0.5, 0.6) is 23.0 Å². The zero-order chi connectivity index (χ0) is 27.5. The van der Waals surface area contributed by atoms with Gasteiger partial charge in [0.05, 0.1) is 39.6 Å². The number of rotatable bonds is 19. The zero-order valence-electron chi connectivity index (χ0n) is 22.2. The van der Waals surface area contributed by atoms with E-state index in [2.05, 4.69) is 0 Å². The standard InChI is InChI=1S/C32H34O8/c1-5-13-27(14-6-1)37-31(38-28-15-7-2-8-16-28)35-25-23-33-21-22-34-24-26-36-32(39-29-17-9-3-10-18-29)40-30-19-11-4-12-20-30/h1-20,31-32H,21-26H2. The Balaban J connectivity index is 1.10. The fraction of sp³-hybridized carbons (Fsp3) is 0.250. The fourth-order valence-corrected chi connectivity index (χ4v) is 3.35.